The summed E-state index contributed by atoms with van der Waals surface area (Å²) in [6, 6.07) is 2.62. The first-order chi connectivity index (χ1) is 8.25. The highest BCUT2D eigenvalue weighted by atomic mass is 79.9. The maximum Gasteiger partial charge on any atom is 0.156 e. The SMILES string of the molecule is Cn1nnc(Br)c1-c1ccoc1CNC1CC1. The van der Waals surface area contributed by atoms with E-state index in [1.165, 1.54) is 12.8 Å². The van der Waals surface area contributed by atoms with Gasteiger partial charge in [-0.25, -0.2) is 4.68 Å². The monoisotopic (exact) mass is 296 g/mol. The van der Waals surface area contributed by atoms with Gasteiger partial charge in [-0.05, 0) is 34.8 Å². The summed E-state index contributed by atoms with van der Waals surface area (Å²) in [6.07, 6.45) is 4.25. The van der Waals surface area contributed by atoms with Crippen molar-refractivity contribution in [2.45, 2.75) is 25.4 Å². The summed E-state index contributed by atoms with van der Waals surface area (Å²) < 4.78 is 8.01. The lowest BCUT2D eigenvalue weighted by molar-refractivity contribution is 0.483. The predicted molar refractivity (Wildman–Crippen MR) is 66.3 cm³/mol. The molecule has 0 spiro atoms. The first kappa shape index (κ1) is 11.0. The molecule has 1 saturated carbocycles. The molecule has 1 aliphatic rings. The minimum atomic E-state index is 0.668. The van der Waals surface area contributed by atoms with Crippen LogP contribution < -0.4 is 5.32 Å². The number of hydrogen-bond donors (Lipinski definition) is 1. The molecular formula is C11H13BrN4O. The summed E-state index contributed by atoms with van der Waals surface area (Å²) in [5.74, 6) is 0.933. The van der Waals surface area contributed by atoms with Gasteiger partial charge in [0.25, 0.3) is 0 Å². The van der Waals surface area contributed by atoms with E-state index < -0.39 is 0 Å². The number of hydrogen-bond acceptors (Lipinski definition) is 4. The minimum absolute atomic E-state index is 0.668. The number of rotatable bonds is 4. The van der Waals surface area contributed by atoms with Crippen LogP contribution in [0.25, 0.3) is 11.3 Å². The van der Waals surface area contributed by atoms with E-state index in [4.69, 9.17) is 4.42 Å². The van der Waals surface area contributed by atoms with Gasteiger partial charge < -0.3 is 9.73 Å². The maximum atomic E-state index is 5.52. The molecule has 0 unspecified atom stereocenters. The summed E-state index contributed by atoms with van der Waals surface area (Å²) in [6.45, 7) is 0.755. The molecule has 0 atom stereocenters. The number of aryl methyl sites for hydroxylation is 1. The van der Waals surface area contributed by atoms with Crippen molar-refractivity contribution in [3.05, 3.63) is 22.7 Å². The van der Waals surface area contributed by atoms with Crippen LogP contribution in [-0.2, 0) is 13.6 Å². The standard InChI is InChI=1S/C11H13BrN4O/c1-16-10(11(12)14-15-16)8-4-5-17-9(8)6-13-7-2-3-7/h4-5,7,13H,2-3,6H2,1H3. The largest absolute Gasteiger partial charge is 0.467 e. The first-order valence-corrected chi connectivity index (χ1v) is 6.40. The van der Waals surface area contributed by atoms with E-state index >= 15 is 0 Å². The van der Waals surface area contributed by atoms with Crippen LogP contribution in [0, 0.1) is 0 Å². The fraction of sp³-hybridized carbons (Fsp3) is 0.455. The Morgan fingerprint density at radius 2 is 2.41 bits per heavy atom. The van der Waals surface area contributed by atoms with Crippen LogP contribution in [0.2, 0.25) is 0 Å². The Morgan fingerprint density at radius 3 is 3.06 bits per heavy atom. The Kier molecular flexibility index (Phi) is 2.76. The Balaban J connectivity index is 1.89. The maximum absolute atomic E-state index is 5.52. The lowest BCUT2D eigenvalue weighted by Crippen LogP contribution is -2.15. The highest BCUT2D eigenvalue weighted by Crippen LogP contribution is 2.30. The van der Waals surface area contributed by atoms with Gasteiger partial charge in [-0.1, -0.05) is 5.21 Å². The molecule has 90 valence electrons. The quantitative estimate of drug-likeness (QED) is 0.939. The summed E-state index contributed by atoms with van der Waals surface area (Å²) in [5.41, 5.74) is 1.99. The van der Waals surface area contributed by atoms with Gasteiger partial charge in [0, 0.05) is 18.7 Å². The minimum Gasteiger partial charge on any atom is -0.467 e. The molecule has 0 radical (unpaired) electrons. The zero-order valence-electron chi connectivity index (χ0n) is 9.48. The zero-order chi connectivity index (χ0) is 11.8. The molecule has 2 aromatic rings. The van der Waals surface area contributed by atoms with Gasteiger partial charge in [0.1, 0.15) is 11.5 Å². The molecule has 2 aromatic heterocycles. The van der Waals surface area contributed by atoms with E-state index in [0.717, 1.165) is 28.2 Å². The molecule has 0 aliphatic heterocycles. The fourth-order valence-corrected chi connectivity index (χ4v) is 2.37. The Labute approximate surface area is 107 Å². The molecule has 5 nitrogen and oxygen atoms in total. The van der Waals surface area contributed by atoms with Crippen molar-refractivity contribution in [3.63, 3.8) is 0 Å². The Morgan fingerprint density at radius 1 is 1.59 bits per heavy atom. The predicted octanol–water partition coefficient (Wildman–Crippen LogP) is 2.09. The molecule has 3 rings (SSSR count). The topological polar surface area (TPSA) is 55.9 Å². The van der Waals surface area contributed by atoms with Crippen LogP contribution >= 0.6 is 15.9 Å². The molecule has 6 heteroatoms. The van der Waals surface area contributed by atoms with Crippen LogP contribution in [0.3, 0.4) is 0 Å². The van der Waals surface area contributed by atoms with Crippen LogP contribution in [0.5, 0.6) is 0 Å². The van der Waals surface area contributed by atoms with Gasteiger partial charge in [0.05, 0.1) is 12.8 Å². The summed E-state index contributed by atoms with van der Waals surface area (Å²) in [5, 5.41) is 11.4. The van der Waals surface area contributed by atoms with E-state index in [9.17, 15) is 0 Å². The fourth-order valence-electron chi connectivity index (χ4n) is 1.83. The van der Waals surface area contributed by atoms with Crippen LogP contribution in [-0.4, -0.2) is 21.0 Å². The molecule has 17 heavy (non-hydrogen) atoms. The normalized spacial score (nSPS) is 15.4. The van der Waals surface area contributed by atoms with Gasteiger partial charge in [-0.15, -0.1) is 5.10 Å². The van der Waals surface area contributed by atoms with Crippen molar-refractivity contribution in [2.24, 2.45) is 7.05 Å². The summed E-state index contributed by atoms with van der Waals surface area (Å²) >= 11 is 3.41. The molecule has 1 fully saturated rings. The highest BCUT2D eigenvalue weighted by Gasteiger charge is 2.22. The third-order valence-corrected chi connectivity index (χ3v) is 3.45. The molecule has 0 aromatic carbocycles. The zero-order valence-corrected chi connectivity index (χ0v) is 11.1. The third kappa shape index (κ3) is 2.14. The van der Waals surface area contributed by atoms with Gasteiger partial charge in [-0.3, -0.25) is 0 Å². The molecule has 0 bridgehead atoms. The van der Waals surface area contributed by atoms with Crippen LogP contribution in [0.1, 0.15) is 18.6 Å². The van der Waals surface area contributed by atoms with Crippen molar-refractivity contribution in [3.8, 4) is 11.3 Å². The molecule has 1 aliphatic carbocycles. The first-order valence-electron chi connectivity index (χ1n) is 5.61. The van der Waals surface area contributed by atoms with Gasteiger partial charge >= 0.3 is 0 Å². The van der Waals surface area contributed by atoms with E-state index in [0.29, 0.717) is 6.04 Å². The van der Waals surface area contributed by atoms with E-state index in [-0.39, 0.29) is 0 Å². The van der Waals surface area contributed by atoms with Gasteiger partial charge in [-0.2, -0.15) is 0 Å². The van der Waals surface area contributed by atoms with Gasteiger partial charge in [0.2, 0.25) is 0 Å². The number of nitrogens with zero attached hydrogens (tertiary/aromatic N) is 3. The highest BCUT2D eigenvalue weighted by molar-refractivity contribution is 9.10. The summed E-state index contributed by atoms with van der Waals surface area (Å²) in [7, 11) is 1.87. The Bertz CT molecular complexity index is 510. The van der Waals surface area contributed by atoms with Crippen LogP contribution in [0.4, 0.5) is 0 Å². The van der Waals surface area contributed by atoms with Crippen molar-refractivity contribution in [2.75, 3.05) is 0 Å². The van der Waals surface area contributed by atoms with Crippen molar-refractivity contribution >= 4 is 15.9 Å². The number of nitrogens with one attached hydrogen (secondary N) is 1. The van der Waals surface area contributed by atoms with Crippen molar-refractivity contribution < 1.29 is 4.42 Å². The van der Waals surface area contributed by atoms with Crippen molar-refractivity contribution in [1.82, 2.24) is 20.3 Å². The van der Waals surface area contributed by atoms with E-state index in [2.05, 4.69) is 31.6 Å². The molecule has 0 saturated heterocycles. The second-order valence-electron chi connectivity index (χ2n) is 4.27. The van der Waals surface area contributed by atoms with Gasteiger partial charge in [0.15, 0.2) is 4.60 Å². The second kappa shape index (κ2) is 4.27. The smallest absolute Gasteiger partial charge is 0.156 e. The summed E-state index contributed by atoms with van der Waals surface area (Å²) in [4.78, 5) is 0. The molecule has 0 amide bonds. The number of furan rings is 1. The number of halogens is 1. The molecule has 1 N–H and O–H groups in total. The van der Waals surface area contributed by atoms with E-state index in [1.807, 2.05) is 13.1 Å². The molecule has 2 heterocycles. The third-order valence-electron chi connectivity index (χ3n) is 2.91. The van der Waals surface area contributed by atoms with Crippen molar-refractivity contribution in [1.29, 1.82) is 0 Å². The van der Waals surface area contributed by atoms with Crippen LogP contribution in [0.15, 0.2) is 21.3 Å². The van der Waals surface area contributed by atoms with E-state index in [1.54, 1.807) is 10.9 Å². The lowest BCUT2D eigenvalue weighted by atomic mass is 10.2. The average molecular weight is 297 g/mol. The molecular weight excluding hydrogens is 284 g/mol. The number of aromatic nitrogens is 3. The Hall–Kier alpha value is -1.14. The second-order valence-corrected chi connectivity index (χ2v) is 5.02. The average Bonchev–Trinajstić information content (AvgIpc) is 2.94. The lowest BCUT2D eigenvalue weighted by Gasteiger charge is -2.04.